The highest BCUT2D eigenvalue weighted by Crippen LogP contribution is 2.30. The van der Waals surface area contributed by atoms with E-state index in [1.807, 2.05) is 0 Å². The van der Waals surface area contributed by atoms with Crippen molar-refractivity contribution in [3.05, 3.63) is 65.5 Å². The van der Waals surface area contributed by atoms with Gasteiger partial charge >= 0.3 is 0 Å². The molecule has 2 rings (SSSR count). The smallest absolute Gasteiger partial charge is 0.123 e. The predicted molar refractivity (Wildman–Crippen MR) is 79.8 cm³/mol. The predicted octanol–water partition coefficient (Wildman–Crippen LogP) is 4.31. The van der Waals surface area contributed by atoms with E-state index in [4.69, 9.17) is 5.73 Å². The van der Waals surface area contributed by atoms with Crippen LogP contribution in [0.25, 0.3) is 0 Å². The van der Waals surface area contributed by atoms with Crippen LogP contribution in [0.2, 0.25) is 0 Å². The van der Waals surface area contributed by atoms with E-state index in [0.717, 1.165) is 5.56 Å². The van der Waals surface area contributed by atoms with E-state index in [-0.39, 0.29) is 17.1 Å². The van der Waals surface area contributed by atoms with Gasteiger partial charge in [-0.25, -0.2) is 4.39 Å². The Hall–Kier alpha value is -1.32. The SMILES string of the molecule is Cc1ccc(SC(C)C(N)c2ccc(F)cc2)cc1. The van der Waals surface area contributed by atoms with Gasteiger partial charge in [0.05, 0.1) is 0 Å². The molecule has 0 fully saturated rings. The van der Waals surface area contributed by atoms with Crippen LogP contribution in [0.1, 0.15) is 24.1 Å². The molecule has 2 aromatic rings. The van der Waals surface area contributed by atoms with Crippen LogP contribution >= 0.6 is 11.8 Å². The van der Waals surface area contributed by atoms with Crippen molar-refractivity contribution in [2.24, 2.45) is 5.73 Å². The van der Waals surface area contributed by atoms with Gasteiger partial charge in [0.15, 0.2) is 0 Å². The second-order valence-corrected chi connectivity index (χ2v) is 6.16. The molecule has 0 aliphatic rings. The molecule has 2 unspecified atom stereocenters. The van der Waals surface area contributed by atoms with E-state index in [9.17, 15) is 4.39 Å². The third kappa shape index (κ3) is 3.82. The minimum absolute atomic E-state index is 0.105. The first-order valence-electron chi connectivity index (χ1n) is 6.30. The van der Waals surface area contributed by atoms with Crippen molar-refractivity contribution in [3.8, 4) is 0 Å². The Labute approximate surface area is 118 Å². The Kier molecular flexibility index (Phi) is 4.61. The average molecular weight is 275 g/mol. The van der Waals surface area contributed by atoms with Crippen LogP contribution in [0, 0.1) is 12.7 Å². The fourth-order valence-electron chi connectivity index (χ4n) is 1.86. The Balaban J connectivity index is 2.04. The zero-order valence-corrected chi connectivity index (χ0v) is 12.0. The van der Waals surface area contributed by atoms with E-state index in [2.05, 4.69) is 38.1 Å². The second-order valence-electron chi connectivity index (χ2n) is 4.71. The number of halogens is 1. The van der Waals surface area contributed by atoms with Crippen LogP contribution in [-0.2, 0) is 0 Å². The summed E-state index contributed by atoms with van der Waals surface area (Å²) in [6, 6.07) is 14.7. The lowest BCUT2D eigenvalue weighted by Gasteiger charge is -2.20. The fourth-order valence-corrected chi connectivity index (χ4v) is 2.89. The zero-order chi connectivity index (χ0) is 13.8. The van der Waals surface area contributed by atoms with E-state index >= 15 is 0 Å². The molecular formula is C16H18FNS. The monoisotopic (exact) mass is 275 g/mol. The second kappa shape index (κ2) is 6.22. The van der Waals surface area contributed by atoms with Gasteiger partial charge in [-0.05, 0) is 36.8 Å². The number of aryl methyl sites for hydroxylation is 1. The molecule has 2 aromatic carbocycles. The molecule has 100 valence electrons. The molecular weight excluding hydrogens is 257 g/mol. The van der Waals surface area contributed by atoms with Crippen LogP contribution in [0.3, 0.4) is 0 Å². The first-order chi connectivity index (χ1) is 9.06. The lowest BCUT2D eigenvalue weighted by Crippen LogP contribution is -2.20. The van der Waals surface area contributed by atoms with Crippen molar-refractivity contribution < 1.29 is 4.39 Å². The summed E-state index contributed by atoms with van der Waals surface area (Å²) in [6.07, 6.45) is 0. The maximum absolute atomic E-state index is 12.9. The number of hydrogen-bond donors (Lipinski definition) is 1. The molecule has 0 saturated carbocycles. The van der Waals surface area contributed by atoms with Crippen molar-refractivity contribution in [1.29, 1.82) is 0 Å². The van der Waals surface area contributed by atoms with E-state index < -0.39 is 0 Å². The largest absolute Gasteiger partial charge is 0.323 e. The molecule has 19 heavy (non-hydrogen) atoms. The Morgan fingerprint density at radius 2 is 1.58 bits per heavy atom. The Morgan fingerprint density at radius 3 is 2.16 bits per heavy atom. The molecule has 0 aromatic heterocycles. The molecule has 0 saturated heterocycles. The number of rotatable bonds is 4. The van der Waals surface area contributed by atoms with Crippen LogP contribution in [-0.4, -0.2) is 5.25 Å². The first kappa shape index (κ1) is 14.1. The summed E-state index contributed by atoms with van der Waals surface area (Å²) in [5, 5.41) is 0.230. The molecule has 0 heterocycles. The molecule has 0 amide bonds. The van der Waals surface area contributed by atoms with Crippen molar-refractivity contribution >= 4 is 11.8 Å². The quantitative estimate of drug-likeness (QED) is 0.841. The molecule has 0 aliphatic heterocycles. The molecule has 0 radical (unpaired) electrons. The van der Waals surface area contributed by atoms with Crippen molar-refractivity contribution in [3.63, 3.8) is 0 Å². The van der Waals surface area contributed by atoms with Gasteiger partial charge in [0, 0.05) is 16.2 Å². The van der Waals surface area contributed by atoms with Gasteiger partial charge in [0.25, 0.3) is 0 Å². The molecule has 2 N–H and O–H groups in total. The molecule has 3 heteroatoms. The average Bonchev–Trinajstić information content (AvgIpc) is 2.41. The highest BCUT2D eigenvalue weighted by molar-refractivity contribution is 8.00. The van der Waals surface area contributed by atoms with Crippen LogP contribution in [0.15, 0.2) is 53.4 Å². The maximum Gasteiger partial charge on any atom is 0.123 e. The molecule has 2 atom stereocenters. The van der Waals surface area contributed by atoms with Crippen LogP contribution < -0.4 is 5.73 Å². The third-order valence-electron chi connectivity index (χ3n) is 3.10. The Bertz CT molecular complexity index is 521. The van der Waals surface area contributed by atoms with Gasteiger partial charge in [0.1, 0.15) is 5.82 Å². The summed E-state index contributed by atoms with van der Waals surface area (Å²) >= 11 is 1.74. The minimum atomic E-state index is -0.227. The first-order valence-corrected chi connectivity index (χ1v) is 7.18. The lowest BCUT2D eigenvalue weighted by atomic mass is 10.1. The highest BCUT2D eigenvalue weighted by atomic mass is 32.2. The molecule has 0 bridgehead atoms. The molecule has 0 spiro atoms. The summed E-state index contributed by atoms with van der Waals surface area (Å²) in [6.45, 7) is 4.17. The van der Waals surface area contributed by atoms with Crippen LogP contribution in [0.5, 0.6) is 0 Å². The summed E-state index contributed by atoms with van der Waals surface area (Å²) < 4.78 is 12.9. The van der Waals surface area contributed by atoms with E-state index in [0.29, 0.717) is 0 Å². The number of hydrogen-bond acceptors (Lipinski definition) is 2. The molecule has 0 aliphatic carbocycles. The van der Waals surface area contributed by atoms with Crippen molar-refractivity contribution in [1.82, 2.24) is 0 Å². The van der Waals surface area contributed by atoms with Crippen molar-refractivity contribution in [2.45, 2.75) is 30.0 Å². The van der Waals surface area contributed by atoms with Crippen molar-refractivity contribution in [2.75, 3.05) is 0 Å². The zero-order valence-electron chi connectivity index (χ0n) is 11.1. The van der Waals surface area contributed by atoms with E-state index in [1.54, 1.807) is 23.9 Å². The van der Waals surface area contributed by atoms with Gasteiger partial charge in [-0.15, -0.1) is 11.8 Å². The summed E-state index contributed by atoms with van der Waals surface area (Å²) in [5.41, 5.74) is 8.44. The number of thioether (sulfide) groups is 1. The molecule has 1 nitrogen and oxygen atoms in total. The van der Waals surface area contributed by atoms with Gasteiger partial charge in [-0.2, -0.15) is 0 Å². The fraction of sp³-hybridized carbons (Fsp3) is 0.250. The van der Waals surface area contributed by atoms with E-state index in [1.165, 1.54) is 22.6 Å². The summed E-state index contributed by atoms with van der Waals surface area (Å²) in [5.74, 6) is -0.227. The highest BCUT2D eigenvalue weighted by Gasteiger charge is 2.16. The maximum atomic E-state index is 12.9. The third-order valence-corrected chi connectivity index (χ3v) is 4.31. The van der Waals surface area contributed by atoms with Gasteiger partial charge in [0.2, 0.25) is 0 Å². The lowest BCUT2D eigenvalue weighted by molar-refractivity contribution is 0.624. The van der Waals surface area contributed by atoms with Gasteiger partial charge < -0.3 is 5.73 Å². The van der Waals surface area contributed by atoms with Gasteiger partial charge in [-0.1, -0.05) is 36.8 Å². The van der Waals surface area contributed by atoms with Gasteiger partial charge in [-0.3, -0.25) is 0 Å². The number of nitrogens with two attached hydrogens (primary N) is 1. The van der Waals surface area contributed by atoms with Crippen LogP contribution in [0.4, 0.5) is 4.39 Å². The summed E-state index contributed by atoms with van der Waals surface area (Å²) in [7, 11) is 0. The topological polar surface area (TPSA) is 26.0 Å². The number of benzene rings is 2. The standard InChI is InChI=1S/C16H18FNS/c1-11-3-9-15(10-4-11)19-12(2)16(18)13-5-7-14(17)8-6-13/h3-10,12,16H,18H2,1-2H3. The normalized spacial score (nSPS) is 14.1. The Morgan fingerprint density at radius 1 is 1.00 bits per heavy atom. The summed E-state index contributed by atoms with van der Waals surface area (Å²) in [4.78, 5) is 1.20. The minimum Gasteiger partial charge on any atom is -0.323 e.